The predicted octanol–water partition coefficient (Wildman–Crippen LogP) is 1.11. The Morgan fingerprint density at radius 2 is 2.17 bits per heavy atom. The molecule has 1 atom stereocenters. The number of amides is 3. The molecule has 0 spiro atoms. The van der Waals surface area contributed by atoms with E-state index in [0.717, 1.165) is 25.1 Å². The van der Waals surface area contributed by atoms with E-state index in [1.54, 1.807) is 15.8 Å². The second-order valence-electron chi connectivity index (χ2n) is 6.53. The van der Waals surface area contributed by atoms with Gasteiger partial charge in [0.25, 0.3) is 0 Å². The zero-order chi connectivity index (χ0) is 16.8. The molecule has 1 unspecified atom stereocenters. The summed E-state index contributed by atoms with van der Waals surface area (Å²) in [5, 5.41) is 9.95. The Bertz CT molecular complexity index is 540. The number of likely N-dealkylation sites (tertiary alicyclic amines) is 1. The Morgan fingerprint density at radius 1 is 1.39 bits per heavy atom. The first kappa shape index (κ1) is 17.3. The number of nitrogens with one attached hydrogen (secondary N) is 2. The molecule has 23 heavy (non-hydrogen) atoms. The van der Waals surface area contributed by atoms with Crippen LogP contribution in [0.5, 0.6) is 0 Å². The van der Waals surface area contributed by atoms with Gasteiger partial charge in [0.15, 0.2) is 0 Å². The molecule has 1 aliphatic rings. The van der Waals surface area contributed by atoms with E-state index in [-0.39, 0.29) is 17.9 Å². The van der Waals surface area contributed by atoms with Crippen LogP contribution in [0.3, 0.4) is 0 Å². The van der Waals surface area contributed by atoms with Crippen molar-refractivity contribution in [3.8, 4) is 0 Å². The molecule has 1 fully saturated rings. The highest BCUT2D eigenvalue weighted by Gasteiger charge is 2.28. The first-order chi connectivity index (χ1) is 11.0. The number of nitrogens with zero attached hydrogens (tertiary/aromatic N) is 3. The summed E-state index contributed by atoms with van der Waals surface area (Å²) in [5.41, 5.74) is 0.959. The third-order valence-corrected chi connectivity index (χ3v) is 4.11. The number of carbonyl (C=O) groups excluding carboxylic acids is 2. The fraction of sp³-hybridized carbons (Fsp3) is 0.688. The van der Waals surface area contributed by atoms with Gasteiger partial charge in [0.1, 0.15) is 0 Å². The van der Waals surface area contributed by atoms with Crippen molar-refractivity contribution in [2.45, 2.75) is 33.2 Å². The van der Waals surface area contributed by atoms with Crippen molar-refractivity contribution >= 4 is 11.9 Å². The van der Waals surface area contributed by atoms with Gasteiger partial charge in [0.05, 0.1) is 18.2 Å². The summed E-state index contributed by atoms with van der Waals surface area (Å²) in [5.74, 6) is 0.288. The molecule has 0 bridgehead atoms. The van der Waals surface area contributed by atoms with Crippen molar-refractivity contribution in [3.63, 3.8) is 0 Å². The fourth-order valence-electron chi connectivity index (χ4n) is 2.68. The standard InChI is InChI=1S/C16H27N5O2/c1-12(2)9-18-16(23)21-8-4-5-13(11-21)15(22)17-10-14-6-7-19-20(14)3/h6-7,12-13H,4-5,8-11H2,1-3H3,(H,17,22)(H,18,23). The van der Waals surface area contributed by atoms with Gasteiger partial charge < -0.3 is 15.5 Å². The van der Waals surface area contributed by atoms with Crippen LogP contribution >= 0.6 is 0 Å². The van der Waals surface area contributed by atoms with Crippen LogP contribution in [-0.2, 0) is 18.4 Å². The van der Waals surface area contributed by atoms with E-state index in [0.29, 0.717) is 25.6 Å². The quantitative estimate of drug-likeness (QED) is 0.853. The SMILES string of the molecule is CC(C)CNC(=O)N1CCCC(C(=O)NCc2ccnn2C)C1. The minimum absolute atomic E-state index is 0.00700. The lowest BCUT2D eigenvalue weighted by molar-refractivity contribution is -0.126. The van der Waals surface area contributed by atoms with Gasteiger partial charge >= 0.3 is 6.03 Å². The molecule has 1 aliphatic heterocycles. The zero-order valence-corrected chi connectivity index (χ0v) is 14.2. The van der Waals surface area contributed by atoms with Crippen molar-refractivity contribution in [1.29, 1.82) is 0 Å². The van der Waals surface area contributed by atoms with Crippen molar-refractivity contribution in [2.75, 3.05) is 19.6 Å². The summed E-state index contributed by atoms with van der Waals surface area (Å²) in [7, 11) is 1.85. The Hall–Kier alpha value is -2.05. The predicted molar refractivity (Wildman–Crippen MR) is 87.6 cm³/mol. The molecular weight excluding hydrogens is 294 g/mol. The van der Waals surface area contributed by atoms with Crippen LogP contribution in [0.1, 0.15) is 32.4 Å². The number of aromatic nitrogens is 2. The van der Waals surface area contributed by atoms with Crippen LogP contribution in [0, 0.1) is 11.8 Å². The minimum atomic E-state index is -0.137. The van der Waals surface area contributed by atoms with E-state index >= 15 is 0 Å². The lowest BCUT2D eigenvalue weighted by Gasteiger charge is -2.32. The van der Waals surface area contributed by atoms with Crippen LogP contribution in [-0.4, -0.2) is 46.3 Å². The molecule has 0 aliphatic carbocycles. The normalized spacial score (nSPS) is 18.1. The van der Waals surface area contributed by atoms with Crippen molar-refractivity contribution in [1.82, 2.24) is 25.3 Å². The van der Waals surface area contributed by atoms with Gasteiger partial charge in [0, 0.05) is 32.9 Å². The van der Waals surface area contributed by atoms with Gasteiger partial charge in [-0.05, 0) is 24.8 Å². The molecule has 1 saturated heterocycles. The number of piperidine rings is 1. The fourth-order valence-corrected chi connectivity index (χ4v) is 2.68. The number of urea groups is 1. The molecule has 1 aromatic rings. The first-order valence-corrected chi connectivity index (χ1v) is 8.24. The number of carbonyl (C=O) groups is 2. The second kappa shape index (κ2) is 7.99. The molecule has 7 nitrogen and oxygen atoms in total. The monoisotopic (exact) mass is 321 g/mol. The maximum absolute atomic E-state index is 12.3. The molecule has 2 N–H and O–H groups in total. The van der Waals surface area contributed by atoms with Crippen LogP contribution < -0.4 is 10.6 Å². The lowest BCUT2D eigenvalue weighted by atomic mass is 9.97. The summed E-state index contributed by atoms with van der Waals surface area (Å²) in [6, 6.07) is 1.81. The topological polar surface area (TPSA) is 79.3 Å². The van der Waals surface area contributed by atoms with Crippen LogP contribution in [0.2, 0.25) is 0 Å². The molecular formula is C16H27N5O2. The Kier molecular flexibility index (Phi) is 6.01. The molecule has 3 amide bonds. The van der Waals surface area contributed by atoms with E-state index in [1.165, 1.54) is 0 Å². The minimum Gasteiger partial charge on any atom is -0.350 e. The van der Waals surface area contributed by atoms with Gasteiger partial charge in [-0.25, -0.2) is 4.79 Å². The average Bonchev–Trinajstić information content (AvgIpc) is 2.95. The van der Waals surface area contributed by atoms with Gasteiger partial charge in [-0.3, -0.25) is 9.48 Å². The van der Waals surface area contributed by atoms with E-state index < -0.39 is 0 Å². The summed E-state index contributed by atoms with van der Waals surface area (Å²) < 4.78 is 1.74. The van der Waals surface area contributed by atoms with Crippen molar-refractivity contribution in [3.05, 3.63) is 18.0 Å². The van der Waals surface area contributed by atoms with Gasteiger partial charge in [0.2, 0.25) is 5.91 Å². The van der Waals surface area contributed by atoms with Crippen LogP contribution in [0.25, 0.3) is 0 Å². The lowest BCUT2D eigenvalue weighted by Crippen LogP contribution is -2.49. The smallest absolute Gasteiger partial charge is 0.317 e. The van der Waals surface area contributed by atoms with E-state index in [9.17, 15) is 9.59 Å². The number of hydrogen-bond acceptors (Lipinski definition) is 3. The highest BCUT2D eigenvalue weighted by molar-refractivity contribution is 5.80. The molecule has 1 aromatic heterocycles. The summed E-state index contributed by atoms with van der Waals surface area (Å²) in [4.78, 5) is 26.2. The first-order valence-electron chi connectivity index (χ1n) is 8.24. The van der Waals surface area contributed by atoms with Crippen LogP contribution in [0.15, 0.2) is 12.3 Å². The largest absolute Gasteiger partial charge is 0.350 e. The number of aryl methyl sites for hydroxylation is 1. The van der Waals surface area contributed by atoms with Crippen molar-refractivity contribution in [2.24, 2.45) is 18.9 Å². The number of rotatable bonds is 5. The van der Waals surface area contributed by atoms with E-state index in [4.69, 9.17) is 0 Å². The third kappa shape index (κ3) is 4.97. The van der Waals surface area contributed by atoms with E-state index in [2.05, 4.69) is 29.6 Å². The van der Waals surface area contributed by atoms with Gasteiger partial charge in [-0.2, -0.15) is 5.10 Å². The zero-order valence-electron chi connectivity index (χ0n) is 14.2. The summed E-state index contributed by atoms with van der Waals surface area (Å²) in [6.45, 7) is 6.45. The molecule has 0 saturated carbocycles. The summed E-state index contributed by atoms with van der Waals surface area (Å²) >= 11 is 0. The van der Waals surface area contributed by atoms with Crippen LogP contribution in [0.4, 0.5) is 4.79 Å². The van der Waals surface area contributed by atoms with E-state index in [1.807, 2.05) is 13.1 Å². The molecule has 0 aromatic carbocycles. The molecule has 128 valence electrons. The maximum Gasteiger partial charge on any atom is 0.317 e. The summed E-state index contributed by atoms with van der Waals surface area (Å²) in [6.07, 6.45) is 3.40. The average molecular weight is 321 g/mol. The Balaban J connectivity index is 1.81. The maximum atomic E-state index is 12.3. The highest BCUT2D eigenvalue weighted by Crippen LogP contribution is 2.17. The molecule has 2 heterocycles. The van der Waals surface area contributed by atoms with Gasteiger partial charge in [-0.15, -0.1) is 0 Å². The molecule has 0 radical (unpaired) electrons. The Morgan fingerprint density at radius 3 is 2.83 bits per heavy atom. The Labute approximate surface area is 137 Å². The highest BCUT2D eigenvalue weighted by atomic mass is 16.2. The second-order valence-corrected chi connectivity index (χ2v) is 6.53. The third-order valence-electron chi connectivity index (χ3n) is 4.11. The number of hydrogen-bond donors (Lipinski definition) is 2. The van der Waals surface area contributed by atoms with Gasteiger partial charge in [-0.1, -0.05) is 13.8 Å². The van der Waals surface area contributed by atoms with Crippen molar-refractivity contribution < 1.29 is 9.59 Å². The molecule has 7 heteroatoms. The molecule has 2 rings (SSSR count).